The number of carbonyl (C=O) groups excluding carboxylic acids is 3. The fraction of sp³-hybridized carbons (Fsp3) is 0.211. The van der Waals surface area contributed by atoms with Crippen LogP contribution < -0.4 is 5.32 Å². The van der Waals surface area contributed by atoms with Gasteiger partial charge >= 0.3 is 5.97 Å². The van der Waals surface area contributed by atoms with E-state index in [9.17, 15) is 14.4 Å². The molecule has 0 aliphatic heterocycles. The molecular weight excluding hydrogens is 306 g/mol. The molecule has 0 heterocycles. The molecule has 0 aromatic heterocycles. The lowest BCUT2D eigenvalue weighted by Crippen LogP contribution is -2.21. The van der Waals surface area contributed by atoms with Crippen LogP contribution in [0.25, 0.3) is 0 Å². The number of ketones is 1. The first kappa shape index (κ1) is 17.4. The Morgan fingerprint density at radius 3 is 2.50 bits per heavy atom. The molecular formula is C19H19NO4. The van der Waals surface area contributed by atoms with Crippen molar-refractivity contribution in [3.05, 3.63) is 65.2 Å². The molecule has 0 bridgehead atoms. The highest BCUT2D eigenvalue weighted by atomic mass is 16.5. The van der Waals surface area contributed by atoms with Gasteiger partial charge in [0.25, 0.3) is 5.91 Å². The Morgan fingerprint density at radius 1 is 1.04 bits per heavy atom. The van der Waals surface area contributed by atoms with E-state index in [2.05, 4.69) is 5.32 Å². The van der Waals surface area contributed by atoms with E-state index in [1.807, 2.05) is 31.2 Å². The zero-order valence-electron chi connectivity index (χ0n) is 13.7. The van der Waals surface area contributed by atoms with Crippen molar-refractivity contribution in [1.82, 2.24) is 0 Å². The molecule has 2 rings (SSSR count). The Labute approximate surface area is 140 Å². The van der Waals surface area contributed by atoms with Gasteiger partial charge in [0.05, 0.1) is 6.42 Å². The minimum absolute atomic E-state index is 0.0873. The number of nitrogens with one attached hydrogen (secondary N) is 1. The summed E-state index contributed by atoms with van der Waals surface area (Å²) in [6, 6.07) is 14.1. The van der Waals surface area contributed by atoms with Crippen molar-refractivity contribution in [2.24, 2.45) is 0 Å². The summed E-state index contributed by atoms with van der Waals surface area (Å²) in [6.07, 6.45) is 0.120. The van der Waals surface area contributed by atoms with Crippen molar-refractivity contribution in [3.63, 3.8) is 0 Å². The SMILES string of the molecule is CC(=O)c1cccc(NC(=O)COC(=O)Cc2cccc(C)c2)c1. The largest absolute Gasteiger partial charge is 0.455 e. The zero-order valence-corrected chi connectivity index (χ0v) is 13.7. The van der Waals surface area contributed by atoms with E-state index in [0.717, 1.165) is 11.1 Å². The fourth-order valence-electron chi connectivity index (χ4n) is 2.20. The molecule has 124 valence electrons. The summed E-state index contributed by atoms with van der Waals surface area (Å²) < 4.78 is 4.98. The Morgan fingerprint density at radius 2 is 1.79 bits per heavy atom. The molecule has 5 heteroatoms. The van der Waals surface area contributed by atoms with Crippen LogP contribution in [0.1, 0.15) is 28.4 Å². The van der Waals surface area contributed by atoms with Crippen LogP contribution in [0.5, 0.6) is 0 Å². The second kappa shape index (κ2) is 8.06. The van der Waals surface area contributed by atoms with Crippen molar-refractivity contribution in [3.8, 4) is 0 Å². The van der Waals surface area contributed by atoms with Crippen LogP contribution in [0.4, 0.5) is 5.69 Å². The van der Waals surface area contributed by atoms with Gasteiger partial charge in [-0.3, -0.25) is 14.4 Å². The molecule has 5 nitrogen and oxygen atoms in total. The molecule has 0 radical (unpaired) electrons. The van der Waals surface area contributed by atoms with Crippen molar-refractivity contribution >= 4 is 23.3 Å². The van der Waals surface area contributed by atoms with Crippen molar-refractivity contribution < 1.29 is 19.1 Å². The third-order valence-corrected chi connectivity index (χ3v) is 3.35. The van der Waals surface area contributed by atoms with Crippen molar-refractivity contribution in [1.29, 1.82) is 0 Å². The lowest BCUT2D eigenvalue weighted by molar-refractivity contribution is -0.146. The standard InChI is InChI=1S/C19H19NO4/c1-13-5-3-6-15(9-13)10-19(23)24-12-18(22)20-17-8-4-7-16(11-17)14(2)21/h3-9,11H,10,12H2,1-2H3,(H,20,22). The summed E-state index contributed by atoms with van der Waals surface area (Å²) in [5, 5.41) is 2.60. The summed E-state index contributed by atoms with van der Waals surface area (Å²) in [6.45, 7) is 3.03. The van der Waals surface area contributed by atoms with E-state index < -0.39 is 11.9 Å². The van der Waals surface area contributed by atoms with Crippen LogP contribution in [0, 0.1) is 6.92 Å². The predicted molar refractivity (Wildman–Crippen MR) is 90.9 cm³/mol. The fourth-order valence-corrected chi connectivity index (χ4v) is 2.20. The quantitative estimate of drug-likeness (QED) is 0.655. The molecule has 0 fully saturated rings. The van der Waals surface area contributed by atoms with E-state index in [1.165, 1.54) is 6.92 Å². The molecule has 0 aliphatic carbocycles. The highest BCUT2D eigenvalue weighted by Crippen LogP contribution is 2.11. The Kier molecular flexibility index (Phi) is 5.84. The number of hydrogen-bond acceptors (Lipinski definition) is 4. The lowest BCUT2D eigenvalue weighted by Gasteiger charge is -2.08. The van der Waals surface area contributed by atoms with Gasteiger partial charge in [0.2, 0.25) is 0 Å². The number of rotatable bonds is 6. The maximum Gasteiger partial charge on any atom is 0.310 e. The Balaban J connectivity index is 1.83. The normalized spacial score (nSPS) is 10.1. The first-order chi connectivity index (χ1) is 11.4. The molecule has 1 N–H and O–H groups in total. The number of anilines is 1. The topological polar surface area (TPSA) is 72.5 Å². The molecule has 0 spiro atoms. The van der Waals surface area contributed by atoms with Crippen molar-refractivity contribution in [2.45, 2.75) is 20.3 Å². The number of esters is 1. The first-order valence-electron chi connectivity index (χ1n) is 7.56. The Bertz CT molecular complexity index is 767. The molecule has 2 aromatic carbocycles. The smallest absolute Gasteiger partial charge is 0.310 e. The summed E-state index contributed by atoms with van der Waals surface area (Å²) in [5.41, 5.74) is 2.89. The third kappa shape index (κ3) is 5.35. The van der Waals surface area contributed by atoms with Gasteiger partial charge < -0.3 is 10.1 Å². The van der Waals surface area contributed by atoms with Crippen LogP contribution in [0.2, 0.25) is 0 Å². The molecule has 0 atom stereocenters. The van der Waals surface area contributed by atoms with Gasteiger partial charge in [-0.2, -0.15) is 0 Å². The molecule has 2 aromatic rings. The van der Waals surface area contributed by atoms with E-state index in [-0.39, 0.29) is 18.8 Å². The van der Waals surface area contributed by atoms with E-state index in [0.29, 0.717) is 11.3 Å². The molecule has 0 aliphatic rings. The summed E-state index contributed by atoms with van der Waals surface area (Å²) in [7, 11) is 0. The van der Waals surface area contributed by atoms with Crippen molar-refractivity contribution in [2.75, 3.05) is 11.9 Å². The Hall–Kier alpha value is -2.95. The lowest BCUT2D eigenvalue weighted by atomic mass is 10.1. The maximum absolute atomic E-state index is 11.8. The van der Waals surface area contributed by atoms with E-state index >= 15 is 0 Å². The highest BCUT2D eigenvalue weighted by Gasteiger charge is 2.10. The summed E-state index contributed by atoms with van der Waals surface area (Å²) >= 11 is 0. The van der Waals surface area contributed by atoms with Gasteiger partial charge in [0.15, 0.2) is 12.4 Å². The average molecular weight is 325 g/mol. The molecule has 0 unspecified atom stereocenters. The van der Waals surface area contributed by atoms with Gasteiger partial charge in [-0.15, -0.1) is 0 Å². The number of carbonyl (C=O) groups is 3. The van der Waals surface area contributed by atoms with Gasteiger partial charge in [0.1, 0.15) is 0 Å². The summed E-state index contributed by atoms with van der Waals surface area (Å²) in [4.78, 5) is 34.9. The average Bonchev–Trinajstić information content (AvgIpc) is 2.53. The molecule has 1 amide bonds. The molecule has 24 heavy (non-hydrogen) atoms. The predicted octanol–water partition coefficient (Wildman–Crippen LogP) is 2.92. The number of amides is 1. The monoisotopic (exact) mass is 325 g/mol. The van der Waals surface area contributed by atoms with Gasteiger partial charge in [-0.25, -0.2) is 0 Å². The van der Waals surface area contributed by atoms with Crippen LogP contribution >= 0.6 is 0 Å². The number of aryl methyl sites for hydroxylation is 1. The number of benzene rings is 2. The van der Waals surface area contributed by atoms with E-state index in [4.69, 9.17) is 4.74 Å². The minimum Gasteiger partial charge on any atom is -0.455 e. The van der Waals surface area contributed by atoms with Crippen LogP contribution in [-0.2, 0) is 20.7 Å². The van der Waals surface area contributed by atoms with Crippen LogP contribution in [-0.4, -0.2) is 24.3 Å². The summed E-state index contributed by atoms with van der Waals surface area (Å²) in [5.74, 6) is -1.00. The first-order valence-corrected chi connectivity index (χ1v) is 7.56. The molecule has 0 saturated carbocycles. The molecule has 0 saturated heterocycles. The minimum atomic E-state index is -0.465. The number of hydrogen-bond donors (Lipinski definition) is 1. The second-order valence-electron chi connectivity index (χ2n) is 5.51. The number of Topliss-reactive ketones (excluding diaryl/α,β-unsaturated/α-hetero) is 1. The van der Waals surface area contributed by atoms with Crippen LogP contribution in [0.15, 0.2) is 48.5 Å². The van der Waals surface area contributed by atoms with Gasteiger partial charge in [0, 0.05) is 11.3 Å². The van der Waals surface area contributed by atoms with Gasteiger partial charge in [-0.05, 0) is 31.5 Å². The second-order valence-corrected chi connectivity index (χ2v) is 5.51. The van der Waals surface area contributed by atoms with Gasteiger partial charge in [-0.1, -0.05) is 42.0 Å². The third-order valence-electron chi connectivity index (χ3n) is 3.35. The zero-order chi connectivity index (χ0) is 17.5. The number of ether oxygens (including phenoxy) is 1. The van der Waals surface area contributed by atoms with Crippen LogP contribution in [0.3, 0.4) is 0 Å². The highest BCUT2D eigenvalue weighted by molar-refractivity contribution is 5.97. The van der Waals surface area contributed by atoms with E-state index in [1.54, 1.807) is 24.3 Å². The maximum atomic E-state index is 11.8.